The Balaban J connectivity index is 2.63. The Hall–Kier alpha value is -0.940. The standard InChI is InChI=1S/C13H20FNO2S/c1-3-9-15-11(2)8-10-18(16,17)13-7-5-4-6-12(13)14/h4-7,11,15H,3,8-10H2,1-2H3. The van der Waals surface area contributed by atoms with Gasteiger partial charge < -0.3 is 5.32 Å². The summed E-state index contributed by atoms with van der Waals surface area (Å²) in [4.78, 5) is -0.201. The second-order valence-corrected chi connectivity index (χ2v) is 6.47. The molecule has 1 atom stereocenters. The van der Waals surface area contributed by atoms with Crippen molar-refractivity contribution in [1.82, 2.24) is 5.32 Å². The molecular formula is C13H20FNO2S. The minimum Gasteiger partial charge on any atom is -0.314 e. The lowest BCUT2D eigenvalue weighted by molar-refractivity contribution is 0.522. The fraction of sp³-hybridized carbons (Fsp3) is 0.538. The van der Waals surface area contributed by atoms with Crippen molar-refractivity contribution in [1.29, 1.82) is 0 Å². The molecule has 0 bridgehead atoms. The van der Waals surface area contributed by atoms with E-state index in [0.29, 0.717) is 6.42 Å². The highest BCUT2D eigenvalue weighted by molar-refractivity contribution is 7.91. The van der Waals surface area contributed by atoms with Gasteiger partial charge in [0.2, 0.25) is 0 Å². The number of rotatable bonds is 7. The predicted molar refractivity (Wildman–Crippen MR) is 70.8 cm³/mol. The lowest BCUT2D eigenvalue weighted by Gasteiger charge is -2.13. The highest BCUT2D eigenvalue weighted by Gasteiger charge is 2.19. The molecule has 1 rings (SSSR count). The van der Waals surface area contributed by atoms with E-state index in [1.807, 2.05) is 6.92 Å². The summed E-state index contributed by atoms with van der Waals surface area (Å²) in [5, 5.41) is 3.21. The molecule has 1 aromatic rings. The molecule has 0 aliphatic carbocycles. The van der Waals surface area contributed by atoms with Crippen LogP contribution in [0.15, 0.2) is 29.2 Å². The Morgan fingerprint density at radius 1 is 1.33 bits per heavy atom. The minimum absolute atomic E-state index is 0.0359. The van der Waals surface area contributed by atoms with Gasteiger partial charge in [0.15, 0.2) is 9.84 Å². The maximum atomic E-state index is 13.4. The van der Waals surface area contributed by atoms with Crippen LogP contribution in [0.1, 0.15) is 26.7 Å². The van der Waals surface area contributed by atoms with Crippen LogP contribution in [0, 0.1) is 5.82 Å². The summed E-state index contributed by atoms with van der Waals surface area (Å²) in [5.41, 5.74) is 0. The topological polar surface area (TPSA) is 46.2 Å². The molecule has 102 valence electrons. The summed E-state index contributed by atoms with van der Waals surface area (Å²) in [6.07, 6.45) is 1.49. The maximum Gasteiger partial charge on any atom is 0.181 e. The Morgan fingerprint density at radius 3 is 2.61 bits per heavy atom. The number of benzene rings is 1. The molecule has 0 amide bonds. The summed E-state index contributed by atoms with van der Waals surface area (Å²) in [6.45, 7) is 4.85. The molecule has 0 saturated heterocycles. The fourth-order valence-electron chi connectivity index (χ4n) is 1.63. The first-order valence-electron chi connectivity index (χ1n) is 6.18. The third kappa shape index (κ3) is 4.38. The molecule has 0 radical (unpaired) electrons. The van der Waals surface area contributed by atoms with Crippen molar-refractivity contribution in [3.8, 4) is 0 Å². The first-order chi connectivity index (χ1) is 8.47. The van der Waals surface area contributed by atoms with Crippen molar-refractivity contribution in [2.75, 3.05) is 12.3 Å². The molecule has 0 saturated carbocycles. The zero-order valence-electron chi connectivity index (χ0n) is 10.8. The molecule has 0 spiro atoms. The fourth-order valence-corrected chi connectivity index (χ4v) is 3.17. The highest BCUT2D eigenvalue weighted by Crippen LogP contribution is 2.16. The SMILES string of the molecule is CCCNC(C)CCS(=O)(=O)c1ccccc1F. The van der Waals surface area contributed by atoms with Gasteiger partial charge >= 0.3 is 0 Å². The molecule has 1 unspecified atom stereocenters. The quantitative estimate of drug-likeness (QED) is 0.829. The summed E-state index contributed by atoms with van der Waals surface area (Å²) in [6, 6.07) is 5.63. The summed E-state index contributed by atoms with van der Waals surface area (Å²) < 4.78 is 37.3. The van der Waals surface area contributed by atoms with Gasteiger partial charge in [0, 0.05) is 6.04 Å². The van der Waals surface area contributed by atoms with E-state index in [0.717, 1.165) is 13.0 Å². The number of hydrogen-bond donors (Lipinski definition) is 1. The maximum absolute atomic E-state index is 13.4. The summed E-state index contributed by atoms with van der Waals surface area (Å²) in [7, 11) is -3.53. The Morgan fingerprint density at radius 2 is 2.00 bits per heavy atom. The molecule has 0 fully saturated rings. The smallest absolute Gasteiger partial charge is 0.181 e. The van der Waals surface area contributed by atoms with Gasteiger partial charge in [-0.3, -0.25) is 0 Å². The van der Waals surface area contributed by atoms with E-state index in [2.05, 4.69) is 12.2 Å². The first kappa shape index (κ1) is 15.1. The summed E-state index contributed by atoms with van der Waals surface area (Å²) >= 11 is 0. The van der Waals surface area contributed by atoms with Crippen LogP contribution in [0.5, 0.6) is 0 Å². The van der Waals surface area contributed by atoms with Gasteiger partial charge in [0.05, 0.1) is 5.75 Å². The average Bonchev–Trinajstić information content (AvgIpc) is 2.34. The van der Waals surface area contributed by atoms with E-state index < -0.39 is 15.7 Å². The van der Waals surface area contributed by atoms with E-state index in [1.165, 1.54) is 24.3 Å². The van der Waals surface area contributed by atoms with Crippen LogP contribution in [0.4, 0.5) is 4.39 Å². The number of halogens is 1. The van der Waals surface area contributed by atoms with E-state index in [9.17, 15) is 12.8 Å². The van der Waals surface area contributed by atoms with Gasteiger partial charge in [0.25, 0.3) is 0 Å². The van der Waals surface area contributed by atoms with Gasteiger partial charge in [-0.05, 0) is 38.4 Å². The van der Waals surface area contributed by atoms with Gasteiger partial charge in [-0.25, -0.2) is 12.8 Å². The molecular weight excluding hydrogens is 253 g/mol. The molecule has 0 aliphatic heterocycles. The minimum atomic E-state index is -3.53. The third-order valence-corrected chi connectivity index (χ3v) is 4.51. The van der Waals surface area contributed by atoms with Crippen LogP contribution in [0.3, 0.4) is 0 Å². The number of nitrogens with one attached hydrogen (secondary N) is 1. The molecule has 1 aromatic carbocycles. The second kappa shape index (κ2) is 6.85. The zero-order valence-corrected chi connectivity index (χ0v) is 11.6. The largest absolute Gasteiger partial charge is 0.314 e. The van der Waals surface area contributed by atoms with E-state index in [1.54, 1.807) is 0 Å². The highest BCUT2D eigenvalue weighted by atomic mass is 32.2. The van der Waals surface area contributed by atoms with Crippen molar-refractivity contribution in [3.05, 3.63) is 30.1 Å². The van der Waals surface area contributed by atoms with Gasteiger partial charge in [0.1, 0.15) is 10.7 Å². The van der Waals surface area contributed by atoms with Gasteiger partial charge in [-0.2, -0.15) is 0 Å². The second-order valence-electron chi connectivity index (χ2n) is 4.39. The third-order valence-electron chi connectivity index (χ3n) is 2.73. The zero-order chi connectivity index (χ0) is 13.6. The van der Waals surface area contributed by atoms with Crippen LogP contribution in [-0.4, -0.2) is 26.8 Å². The van der Waals surface area contributed by atoms with Crippen LogP contribution in [-0.2, 0) is 9.84 Å². The molecule has 1 N–H and O–H groups in total. The van der Waals surface area contributed by atoms with Gasteiger partial charge in [-0.15, -0.1) is 0 Å². The normalized spacial score (nSPS) is 13.5. The Kier molecular flexibility index (Phi) is 5.75. The molecule has 18 heavy (non-hydrogen) atoms. The lowest BCUT2D eigenvalue weighted by Crippen LogP contribution is -2.29. The number of hydrogen-bond acceptors (Lipinski definition) is 3. The number of sulfone groups is 1. The molecule has 5 heteroatoms. The van der Waals surface area contributed by atoms with Crippen LogP contribution < -0.4 is 5.32 Å². The lowest BCUT2D eigenvalue weighted by atomic mass is 10.2. The van der Waals surface area contributed by atoms with Crippen LogP contribution in [0.2, 0.25) is 0 Å². The van der Waals surface area contributed by atoms with E-state index >= 15 is 0 Å². The average molecular weight is 273 g/mol. The molecule has 3 nitrogen and oxygen atoms in total. The molecule has 0 aliphatic rings. The molecule has 0 heterocycles. The van der Waals surface area contributed by atoms with Crippen molar-refractivity contribution in [2.45, 2.75) is 37.6 Å². The van der Waals surface area contributed by atoms with E-state index in [4.69, 9.17) is 0 Å². The monoisotopic (exact) mass is 273 g/mol. The van der Waals surface area contributed by atoms with Crippen LogP contribution in [0.25, 0.3) is 0 Å². The van der Waals surface area contributed by atoms with Crippen molar-refractivity contribution >= 4 is 9.84 Å². The van der Waals surface area contributed by atoms with Gasteiger partial charge in [-0.1, -0.05) is 19.1 Å². The molecule has 0 aromatic heterocycles. The van der Waals surface area contributed by atoms with E-state index in [-0.39, 0.29) is 16.7 Å². The Labute approximate surface area is 108 Å². The van der Waals surface area contributed by atoms with Crippen molar-refractivity contribution in [2.24, 2.45) is 0 Å². The Bertz CT molecular complexity index is 474. The van der Waals surface area contributed by atoms with Crippen LogP contribution >= 0.6 is 0 Å². The summed E-state index contributed by atoms with van der Waals surface area (Å²) in [5.74, 6) is -0.710. The predicted octanol–water partition coefficient (Wildman–Crippen LogP) is 2.38. The van der Waals surface area contributed by atoms with Crippen molar-refractivity contribution < 1.29 is 12.8 Å². The first-order valence-corrected chi connectivity index (χ1v) is 7.83. The van der Waals surface area contributed by atoms with Crippen molar-refractivity contribution in [3.63, 3.8) is 0 Å².